The number of hydrogen-bond donors (Lipinski definition) is 2. The zero-order valence-corrected chi connectivity index (χ0v) is 12.0. The average Bonchev–Trinajstić information content (AvgIpc) is 3.20. The summed E-state index contributed by atoms with van der Waals surface area (Å²) >= 11 is 0. The minimum atomic E-state index is 0.269. The second-order valence-corrected chi connectivity index (χ2v) is 5.06. The van der Waals surface area contributed by atoms with E-state index in [1.807, 2.05) is 47.4 Å². The summed E-state index contributed by atoms with van der Waals surface area (Å²) in [4.78, 5) is 7.13. The molecule has 0 aliphatic heterocycles. The number of benzene rings is 1. The lowest BCUT2D eigenvalue weighted by Crippen LogP contribution is -2.21. The number of imidazole rings is 1. The van der Waals surface area contributed by atoms with Crippen molar-refractivity contribution in [2.24, 2.45) is 0 Å². The summed E-state index contributed by atoms with van der Waals surface area (Å²) in [7, 11) is 0. The van der Waals surface area contributed by atoms with Gasteiger partial charge < -0.3 is 10.3 Å². The molecule has 0 radical (unpaired) electrons. The Labute approximate surface area is 124 Å². The van der Waals surface area contributed by atoms with E-state index in [0.717, 1.165) is 24.3 Å². The van der Waals surface area contributed by atoms with E-state index in [-0.39, 0.29) is 6.04 Å². The van der Waals surface area contributed by atoms with E-state index >= 15 is 0 Å². The van der Waals surface area contributed by atoms with Crippen LogP contribution in [-0.4, -0.2) is 26.3 Å². The van der Waals surface area contributed by atoms with Crippen molar-refractivity contribution in [2.75, 3.05) is 6.54 Å². The van der Waals surface area contributed by atoms with Gasteiger partial charge in [0.2, 0.25) is 0 Å². The van der Waals surface area contributed by atoms with Gasteiger partial charge in [0.25, 0.3) is 0 Å². The normalized spacial score (nSPS) is 12.4. The van der Waals surface area contributed by atoms with E-state index in [9.17, 15) is 0 Å². The quantitative estimate of drug-likeness (QED) is 0.730. The molecule has 0 fully saturated rings. The second-order valence-electron chi connectivity index (χ2n) is 5.06. The van der Waals surface area contributed by atoms with Gasteiger partial charge in [-0.2, -0.15) is 5.10 Å². The first-order valence-corrected chi connectivity index (χ1v) is 7.13. The minimum Gasteiger partial charge on any atom is -0.348 e. The van der Waals surface area contributed by atoms with Crippen LogP contribution < -0.4 is 5.32 Å². The molecule has 0 bridgehead atoms. The van der Waals surface area contributed by atoms with Gasteiger partial charge >= 0.3 is 0 Å². The molecular formula is C16H19N5. The zero-order chi connectivity index (χ0) is 14.5. The molecule has 21 heavy (non-hydrogen) atoms. The molecule has 0 spiro atoms. The van der Waals surface area contributed by atoms with Gasteiger partial charge in [0.15, 0.2) is 0 Å². The van der Waals surface area contributed by atoms with Gasteiger partial charge in [0.1, 0.15) is 0 Å². The highest BCUT2D eigenvalue weighted by atomic mass is 15.3. The summed E-state index contributed by atoms with van der Waals surface area (Å²) in [6.07, 6.45) is 8.50. The zero-order valence-electron chi connectivity index (χ0n) is 12.0. The lowest BCUT2D eigenvalue weighted by atomic mass is 10.2. The third kappa shape index (κ3) is 3.38. The molecule has 1 aromatic carbocycles. The Morgan fingerprint density at radius 2 is 2.10 bits per heavy atom. The fraction of sp³-hybridized carbons (Fsp3) is 0.250. The number of aromatic amines is 1. The van der Waals surface area contributed by atoms with Gasteiger partial charge in [0, 0.05) is 42.7 Å². The Kier molecular flexibility index (Phi) is 4.12. The Bertz CT molecular complexity index is 657. The molecule has 0 saturated carbocycles. The van der Waals surface area contributed by atoms with Gasteiger partial charge in [0.05, 0.1) is 18.2 Å². The molecule has 3 rings (SSSR count). The van der Waals surface area contributed by atoms with E-state index in [1.54, 1.807) is 6.33 Å². The fourth-order valence-corrected chi connectivity index (χ4v) is 2.24. The summed E-state index contributed by atoms with van der Waals surface area (Å²) in [6.45, 7) is 3.05. The van der Waals surface area contributed by atoms with E-state index in [1.165, 1.54) is 5.56 Å². The maximum atomic E-state index is 4.43. The molecule has 0 saturated heterocycles. The van der Waals surface area contributed by atoms with Crippen molar-refractivity contribution in [2.45, 2.75) is 19.4 Å². The number of rotatable bonds is 6. The first kappa shape index (κ1) is 13.6. The predicted octanol–water partition coefficient (Wildman–Crippen LogP) is 2.49. The van der Waals surface area contributed by atoms with Gasteiger partial charge in [-0.3, -0.25) is 0 Å². The van der Waals surface area contributed by atoms with E-state index in [0.29, 0.717) is 0 Å². The summed E-state index contributed by atoms with van der Waals surface area (Å²) in [5.74, 6) is 0. The monoisotopic (exact) mass is 281 g/mol. The first-order chi connectivity index (χ1) is 10.3. The number of H-pyrrole nitrogens is 1. The lowest BCUT2D eigenvalue weighted by Gasteiger charge is -2.11. The highest BCUT2D eigenvalue weighted by Crippen LogP contribution is 2.14. The van der Waals surface area contributed by atoms with Gasteiger partial charge in [-0.15, -0.1) is 0 Å². The van der Waals surface area contributed by atoms with Crippen LogP contribution in [0, 0.1) is 0 Å². The standard InChI is InChI=1S/C16H19N5/c1-13(18-8-7-15-10-17-12-19-15)14-9-20-21(11-14)16-5-3-2-4-6-16/h2-6,9-13,18H,7-8H2,1H3,(H,17,19). The molecule has 2 heterocycles. The van der Waals surface area contributed by atoms with Gasteiger partial charge in [-0.1, -0.05) is 18.2 Å². The maximum absolute atomic E-state index is 4.43. The van der Waals surface area contributed by atoms with Crippen molar-refractivity contribution in [3.63, 3.8) is 0 Å². The van der Waals surface area contributed by atoms with E-state index < -0.39 is 0 Å². The maximum Gasteiger partial charge on any atom is 0.0921 e. The Balaban J connectivity index is 1.58. The second kappa shape index (κ2) is 6.37. The smallest absolute Gasteiger partial charge is 0.0921 e. The average molecular weight is 281 g/mol. The third-order valence-electron chi connectivity index (χ3n) is 3.52. The molecule has 3 aromatic rings. The summed E-state index contributed by atoms with van der Waals surface area (Å²) in [5.41, 5.74) is 3.41. The summed E-state index contributed by atoms with van der Waals surface area (Å²) < 4.78 is 1.91. The summed E-state index contributed by atoms with van der Waals surface area (Å²) in [5, 5.41) is 7.93. The molecule has 5 heteroatoms. The number of para-hydroxylation sites is 1. The molecule has 2 aromatic heterocycles. The molecule has 108 valence electrons. The molecule has 1 unspecified atom stereocenters. The summed E-state index contributed by atoms with van der Waals surface area (Å²) in [6, 6.07) is 10.4. The van der Waals surface area contributed by atoms with Gasteiger partial charge in [-0.25, -0.2) is 9.67 Å². The topological polar surface area (TPSA) is 58.5 Å². The largest absolute Gasteiger partial charge is 0.348 e. The van der Waals surface area contributed by atoms with Crippen molar-refractivity contribution >= 4 is 0 Å². The van der Waals surface area contributed by atoms with Crippen LogP contribution in [0.4, 0.5) is 0 Å². The molecule has 0 aliphatic carbocycles. The molecule has 0 aliphatic rings. The van der Waals surface area contributed by atoms with Crippen LogP contribution in [0.5, 0.6) is 0 Å². The van der Waals surface area contributed by atoms with Crippen LogP contribution in [-0.2, 0) is 6.42 Å². The minimum absolute atomic E-state index is 0.269. The SMILES string of the molecule is CC(NCCc1cnc[nH]1)c1cnn(-c2ccccc2)c1. The third-order valence-corrected chi connectivity index (χ3v) is 3.52. The van der Waals surface area contributed by atoms with Crippen LogP contribution in [0.2, 0.25) is 0 Å². The van der Waals surface area contributed by atoms with E-state index in [4.69, 9.17) is 0 Å². The van der Waals surface area contributed by atoms with Crippen LogP contribution in [0.1, 0.15) is 24.2 Å². The number of aromatic nitrogens is 4. The Hall–Kier alpha value is -2.40. The van der Waals surface area contributed by atoms with Crippen LogP contribution in [0.3, 0.4) is 0 Å². The first-order valence-electron chi connectivity index (χ1n) is 7.13. The molecule has 1 atom stereocenters. The molecule has 2 N–H and O–H groups in total. The molecular weight excluding hydrogens is 262 g/mol. The fourth-order valence-electron chi connectivity index (χ4n) is 2.24. The highest BCUT2D eigenvalue weighted by Gasteiger charge is 2.08. The van der Waals surface area contributed by atoms with Crippen molar-refractivity contribution in [1.29, 1.82) is 0 Å². The number of nitrogens with one attached hydrogen (secondary N) is 2. The predicted molar refractivity (Wildman–Crippen MR) is 82.3 cm³/mol. The number of nitrogens with zero attached hydrogens (tertiary/aromatic N) is 3. The molecule has 5 nitrogen and oxygen atoms in total. The lowest BCUT2D eigenvalue weighted by molar-refractivity contribution is 0.574. The van der Waals surface area contributed by atoms with Crippen molar-refractivity contribution in [1.82, 2.24) is 25.1 Å². The van der Waals surface area contributed by atoms with Crippen molar-refractivity contribution in [3.8, 4) is 5.69 Å². The molecule has 0 amide bonds. The van der Waals surface area contributed by atoms with Crippen molar-refractivity contribution in [3.05, 3.63) is 66.5 Å². The number of hydrogen-bond acceptors (Lipinski definition) is 3. The highest BCUT2D eigenvalue weighted by molar-refractivity contribution is 5.31. The van der Waals surface area contributed by atoms with Crippen LogP contribution >= 0.6 is 0 Å². The van der Waals surface area contributed by atoms with Gasteiger partial charge in [-0.05, 0) is 19.1 Å². The Morgan fingerprint density at radius 3 is 2.86 bits per heavy atom. The van der Waals surface area contributed by atoms with E-state index in [2.05, 4.69) is 33.5 Å². The van der Waals surface area contributed by atoms with Crippen LogP contribution in [0.25, 0.3) is 5.69 Å². The van der Waals surface area contributed by atoms with Crippen molar-refractivity contribution < 1.29 is 0 Å². The van der Waals surface area contributed by atoms with Crippen LogP contribution in [0.15, 0.2) is 55.2 Å². The Morgan fingerprint density at radius 1 is 1.24 bits per heavy atom.